The van der Waals surface area contributed by atoms with Gasteiger partial charge in [-0.2, -0.15) is 0 Å². The van der Waals surface area contributed by atoms with Crippen molar-refractivity contribution in [3.63, 3.8) is 0 Å². The summed E-state index contributed by atoms with van der Waals surface area (Å²) in [6.45, 7) is 0.194. The minimum absolute atomic E-state index is 0.161. The number of ether oxygens (including phenoxy) is 1. The highest BCUT2D eigenvalue weighted by atomic mass is 79.9. The van der Waals surface area contributed by atoms with E-state index in [0.29, 0.717) is 6.42 Å². The van der Waals surface area contributed by atoms with Crippen molar-refractivity contribution in [1.82, 2.24) is 0 Å². The summed E-state index contributed by atoms with van der Waals surface area (Å²) in [4.78, 5) is 0. The van der Waals surface area contributed by atoms with Crippen molar-refractivity contribution in [2.24, 2.45) is 0 Å². The Hall–Kier alpha value is -0.540. The van der Waals surface area contributed by atoms with Crippen LogP contribution in [-0.4, -0.2) is 17.8 Å². The summed E-state index contributed by atoms with van der Waals surface area (Å²) < 4.78 is 6.70. The summed E-state index contributed by atoms with van der Waals surface area (Å²) in [6, 6.07) is 6.02. The second kappa shape index (κ2) is 3.68. The molecule has 0 aromatic heterocycles. The molecular formula is C10H11BrO2. The topological polar surface area (TPSA) is 29.5 Å². The van der Waals surface area contributed by atoms with Crippen LogP contribution in [0.5, 0.6) is 5.75 Å². The van der Waals surface area contributed by atoms with Gasteiger partial charge in [-0.25, -0.2) is 0 Å². The van der Waals surface area contributed by atoms with E-state index in [9.17, 15) is 0 Å². The molecule has 1 aromatic rings. The molecule has 0 saturated carbocycles. The first kappa shape index (κ1) is 9.03. The predicted octanol–water partition coefficient (Wildman–Crippen LogP) is 2.13. The monoisotopic (exact) mass is 242 g/mol. The first-order valence-electron chi connectivity index (χ1n) is 4.35. The van der Waals surface area contributed by atoms with E-state index in [0.717, 1.165) is 16.6 Å². The molecule has 0 amide bonds. The average molecular weight is 243 g/mol. The standard InChI is InChI=1S/C10H11BrO2/c11-8-1-2-10-7(5-8)6-9(13-10)3-4-12/h1-2,5,9,12H,3-4,6H2. The van der Waals surface area contributed by atoms with Crippen molar-refractivity contribution >= 4 is 15.9 Å². The van der Waals surface area contributed by atoms with E-state index in [-0.39, 0.29) is 12.7 Å². The fourth-order valence-corrected chi connectivity index (χ4v) is 2.00. The quantitative estimate of drug-likeness (QED) is 0.862. The molecule has 1 aliphatic heterocycles. The van der Waals surface area contributed by atoms with Crippen LogP contribution < -0.4 is 4.74 Å². The van der Waals surface area contributed by atoms with Crippen LogP contribution in [0.2, 0.25) is 0 Å². The number of halogens is 1. The Balaban J connectivity index is 2.16. The lowest BCUT2D eigenvalue weighted by atomic mass is 10.1. The Morgan fingerprint density at radius 3 is 3.15 bits per heavy atom. The average Bonchev–Trinajstić information content (AvgIpc) is 2.46. The number of aliphatic hydroxyl groups is 1. The van der Waals surface area contributed by atoms with Crippen LogP contribution in [-0.2, 0) is 6.42 Å². The number of hydrogen-bond acceptors (Lipinski definition) is 2. The Morgan fingerprint density at radius 2 is 2.38 bits per heavy atom. The molecule has 0 bridgehead atoms. The Kier molecular flexibility index (Phi) is 2.56. The van der Waals surface area contributed by atoms with E-state index in [2.05, 4.69) is 22.0 Å². The van der Waals surface area contributed by atoms with E-state index in [1.807, 2.05) is 12.1 Å². The molecule has 70 valence electrons. The number of fused-ring (bicyclic) bond motifs is 1. The number of hydrogen-bond donors (Lipinski definition) is 1. The summed E-state index contributed by atoms with van der Waals surface area (Å²) in [5.74, 6) is 0.960. The highest BCUT2D eigenvalue weighted by Gasteiger charge is 2.21. The van der Waals surface area contributed by atoms with Gasteiger partial charge in [-0.05, 0) is 23.8 Å². The summed E-state index contributed by atoms with van der Waals surface area (Å²) in [5, 5.41) is 8.77. The molecule has 2 rings (SSSR count). The van der Waals surface area contributed by atoms with Gasteiger partial charge in [0.05, 0.1) is 0 Å². The lowest BCUT2D eigenvalue weighted by molar-refractivity contribution is 0.175. The minimum Gasteiger partial charge on any atom is -0.490 e. The van der Waals surface area contributed by atoms with E-state index in [4.69, 9.17) is 9.84 Å². The molecule has 0 radical (unpaired) electrons. The molecule has 13 heavy (non-hydrogen) atoms. The normalized spacial score (nSPS) is 19.7. The van der Waals surface area contributed by atoms with Crippen molar-refractivity contribution < 1.29 is 9.84 Å². The highest BCUT2D eigenvalue weighted by Crippen LogP contribution is 2.31. The molecule has 1 N–H and O–H groups in total. The van der Waals surface area contributed by atoms with Gasteiger partial charge in [-0.1, -0.05) is 15.9 Å². The van der Waals surface area contributed by atoms with Crippen LogP contribution in [0.1, 0.15) is 12.0 Å². The van der Waals surface area contributed by atoms with Crippen molar-refractivity contribution in [3.8, 4) is 5.75 Å². The summed E-state index contributed by atoms with van der Waals surface area (Å²) >= 11 is 3.42. The van der Waals surface area contributed by atoms with Crippen LogP contribution in [0.4, 0.5) is 0 Å². The van der Waals surface area contributed by atoms with E-state index in [1.54, 1.807) is 0 Å². The lowest BCUT2D eigenvalue weighted by Gasteiger charge is -2.07. The fourth-order valence-electron chi connectivity index (χ4n) is 1.59. The summed E-state index contributed by atoms with van der Waals surface area (Å²) in [6.07, 6.45) is 1.79. The first-order chi connectivity index (χ1) is 6.29. The molecule has 1 aliphatic rings. The maximum atomic E-state index is 8.77. The van der Waals surface area contributed by atoms with E-state index >= 15 is 0 Å². The molecule has 1 heterocycles. The number of benzene rings is 1. The third-order valence-electron chi connectivity index (χ3n) is 2.21. The third-order valence-corrected chi connectivity index (χ3v) is 2.71. The molecule has 0 aliphatic carbocycles. The van der Waals surface area contributed by atoms with Crippen LogP contribution in [0.15, 0.2) is 22.7 Å². The maximum absolute atomic E-state index is 8.77. The molecule has 2 nitrogen and oxygen atoms in total. The van der Waals surface area contributed by atoms with Gasteiger partial charge < -0.3 is 9.84 Å². The summed E-state index contributed by atoms with van der Waals surface area (Å²) in [7, 11) is 0. The van der Waals surface area contributed by atoms with Gasteiger partial charge in [0.1, 0.15) is 11.9 Å². The van der Waals surface area contributed by atoms with Crippen LogP contribution in [0, 0.1) is 0 Å². The molecule has 3 heteroatoms. The smallest absolute Gasteiger partial charge is 0.123 e. The second-order valence-electron chi connectivity index (χ2n) is 3.21. The van der Waals surface area contributed by atoms with Gasteiger partial charge in [0, 0.05) is 23.9 Å². The first-order valence-corrected chi connectivity index (χ1v) is 5.15. The van der Waals surface area contributed by atoms with Gasteiger partial charge in [0.2, 0.25) is 0 Å². The van der Waals surface area contributed by atoms with Gasteiger partial charge in [0.15, 0.2) is 0 Å². The molecule has 1 aromatic carbocycles. The zero-order valence-corrected chi connectivity index (χ0v) is 8.75. The Bertz CT molecular complexity index is 312. The number of aliphatic hydroxyl groups excluding tert-OH is 1. The molecule has 0 saturated heterocycles. The summed E-state index contributed by atoms with van der Waals surface area (Å²) in [5.41, 5.74) is 1.23. The molecular weight excluding hydrogens is 232 g/mol. The van der Waals surface area contributed by atoms with Crippen molar-refractivity contribution in [3.05, 3.63) is 28.2 Å². The van der Waals surface area contributed by atoms with Gasteiger partial charge in [0.25, 0.3) is 0 Å². The zero-order valence-electron chi connectivity index (χ0n) is 7.16. The van der Waals surface area contributed by atoms with Crippen LogP contribution >= 0.6 is 15.9 Å². The van der Waals surface area contributed by atoms with Crippen molar-refractivity contribution in [1.29, 1.82) is 0 Å². The highest BCUT2D eigenvalue weighted by molar-refractivity contribution is 9.10. The largest absolute Gasteiger partial charge is 0.490 e. The molecule has 1 unspecified atom stereocenters. The minimum atomic E-state index is 0.161. The van der Waals surface area contributed by atoms with Gasteiger partial charge in [-0.3, -0.25) is 0 Å². The zero-order chi connectivity index (χ0) is 9.26. The molecule has 1 atom stereocenters. The lowest BCUT2D eigenvalue weighted by Crippen LogP contribution is -2.14. The fraction of sp³-hybridized carbons (Fsp3) is 0.400. The van der Waals surface area contributed by atoms with Gasteiger partial charge in [-0.15, -0.1) is 0 Å². The van der Waals surface area contributed by atoms with Crippen LogP contribution in [0.3, 0.4) is 0 Å². The third kappa shape index (κ3) is 1.86. The van der Waals surface area contributed by atoms with Crippen molar-refractivity contribution in [2.75, 3.05) is 6.61 Å². The second-order valence-corrected chi connectivity index (χ2v) is 4.12. The number of rotatable bonds is 2. The maximum Gasteiger partial charge on any atom is 0.123 e. The SMILES string of the molecule is OCCC1Cc2cc(Br)ccc2O1. The van der Waals surface area contributed by atoms with E-state index < -0.39 is 0 Å². The Labute approximate surface area is 85.7 Å². The van der Waals surface area contributed by atoms with E-state index in [1.165, 1.54) is 5.56 Å². The van der Waals surface area contributed by atoms with Crippen LogP contribution in [0.25, 0.3) is 0 Å². The molecule has 0 spiro atoms. The van der Waals surface area contributed by atoms with Crippen molar-refractivity contribution in [2.45, 2.75) is 18.9 Å². The molecule has 0 fully saturated rings. The predicted molar refractivity (Wildman–Crippen MR) is 54.0 cm³/mol. The van der Waals surface area contributed by atoms with Gasteiger partial charge >= 0.3 is 0 Å². The Morgan fingerprint density at radius 1 is 1.54 bits per heavy atom.